The van der Waals surface area contributed by atoms with E-state index in [1.54, 1.807) is 37.4 Å². The number of benzene rings is 2. The van der Waals surface area contributed by atoms with Crippen molar-refractivity contribution in [3.05, 3.63) is 60.2 Å². The lowest BCUT2D eigenvalue weighted by atomic mass is 10.0. The zero-order valence-corrected chi connectivity index (χ0v) is 13.0. The number of hydrogen-bond acceptors (Lipinski definition) is 5. The molecular formula is C19H14N2O3. The average molecular weight is 318 g/mol. The summed E-state index contributed by atoms with van der Waals surface area (Å²) >= 11 is 0. The molecule has 0 amide bonds. The smallest absolute Gasteiger partial charge is 0.339 e. The van der Waals surface area contributed by atoms with E-state index in [-0.39, 0.29) is 6.61 Å². The SMILES string of the molecule is COc1ccc2nc(-c3ccccc3)cc(C(=O)OCC#N)c2c1. The van der Waals surface area contributed by atoms with Crippen LogP contribution in [0.5, 0.6) is 5.75 Å². The van der Waals surface area contributed by atoms with Crippen LogP contribution in [0.1, 0.15) is 10.4 Å². The minimum Gasteiger partial charge on any atom is -0.497 e. The van der Waals surface area contributed by atoms with Crippen LogP contribution in [-0.2, 0) is 4.74 Å². The Morgan fingerprint density at radius 3 is 2.67 bits per heavy atom. The number of pyridine rings is 1. The molecule has 0 N–H and O–H groups in total. The summed E-state index contributed by atoms with van der Waals surface area (Å²) in [5.41, 5.74) is 2.57. The van der Waals surface area contributed by atoms with E-state index in [9.17, 15) is 4.79 Å². The first-order valence-corrected chi connectivity index (χ1v) is 7.31. The van der Waals surface area contributed by atoms with Crippen molar-refractivity contribution < 1.29 is 14.3 Å². The number of carbonyl (C=O) groups excluding carboxylic acids is 1. The highest BCUT2D eigenvalue weighted by atomic mass is 16.5. The van der Waals surface area contributed by atoms with Crippen molar-refractivity contribution in [1.82, 2.24) is 4.98 Å². The molecule has 0 aliphatic heterocycles. The fraction of sp³-hybridized carbons (Fsp3) is 0.105. The molecule has 0 unspecified atom stereocenters. The Bertz CT molecular complexity index is 930. The third-order valence-corrected chi connectivity index (χ3v) is 3.57. The molecule has 0 aliphatic rings. The van der Waals surface area contributed by atoms with E-state index in [0.717, 1.165) is 5.56 Å². The van der Waals surface area contributed by atoms with Gasteiger partial charge in [0.2, 0.25) is 0 Å². The molecule has 0 radical (unpaired) electrons. The van der Waals surface area contributed by atoms with Crippen LogP contribution in [0, 0.1) is 11.3 Å². The van der Waals surface area contributed by atoms with E-state index in [2.05, 4.69) is 4.98 Å². The molecule has 0 spiro atoms. The summed E-state index contributed by atoms with van der Waals surface area (Å²) in [6.45, 7) is -0.298. The Morgan fingerprint density at radius 2 is 1.96 bits per heavy atom. The topological polar surface area (TPSA) is 72.2 Å². The zero-order chi connectivity index (χ0) is 16.9. The molecule has 0 aliphatic carbocycles. The number of nitriles is 1. The maximum Gasteiger partial charge on any atom is 0.339 e. The van der Waals surface area contributed by atoms with Gasteiger partial charge < -0.3 is 9.47 Å². The van der Waals surface area contributed by atoms with Crippen molar-refractivity contribution in [2.24, 2.45) is 0 Å². The summed E-state index contributed by atoms with van der Waals surface area (Å²) in [4.78, 5) is 17.0. The molecule has 0 atom stereocenters. The number of esters is 1. The number of carbonyl (C=O) groups is 1. The number of aromatic nitrogens is 1. The Hall–Kier alpha value is -3.39. The molecule has 3 rings (SSSR count). The fourth-order valence-corrected chi connectivity index (χ4v) is 2.43. The predicted molar refractivity (Wildman–Crippen MR) is 89.6 cm³/mol. The molecule has 5 heteroatoms. The average Bonchev–Trinajstić information content (AvgIpc) is 2.65. The second-order valence-corrected chi connectivity index (χ2v) is 5.04. The summed E-state index contributed by atoms with van der Waals surface area (Å²) in [7, 11) is 1.56. The van der Waals surface area contributed by atoms with Gasteiger partial charge in [-0.05, 0) is 24.3 Å². The Labute approximate surface area is 139 Å². The van der Waals surface area contributed by atoms with Crippen molar-refractivity contribution in [3.8, 4) is 23.1 Å². The lowest BCUT2D eigenvalue weighted by molar-refractivity contribution is 0.0557. The van der Waals surface area contributed by atoms with E-state index >= 15 is 0 Å². The first-order valence-electron chi connectivity index (χ1n) is 7.31. The highest BCUT2D eigenvalue weighted by Gasteiger charge is 2.16. The summed E-state index contributed by atoms with van der Waals surface area (Å²) in [6, 6.07) is 18.4. The molecule has 2 aromatic carbocycles. The van der Waals surface area contributed by atoms with E-state index in [4.69, 9.17) is 14.7 Å². The summed E-state index contributed by atoms with van der Waals surface area (Å²) in [5.74, 6) is 0.0560. The van der Waals surface area contributed by atoms with Crippen molar-refractivity contribution in [2.45, 2.75) is 0 Å². The van der Waals surface area contributed by atoms with Gasteiger partial charge in [0.25, 0.3) is 0 Å². The van der Waals surface area contributed by atoms with Crippen molar-refractivity contribution in [3.63, 3.8) is 0 Å². The van der Waals surface area contributed by atoms with Crippen molar-refractivity contribution in [1.29, 1.82) is 5.26 Å². The van der Waals surface area contributed by atoms with Gasteiger partial charge in [0.15, 0.2) is 6.61 Å². The molecular weight excluding hydrogens is 304 g/mol. The Balaban J connectivity index is 2.20. The maximum atomic E-state index is 12.4. The highest BCUT2D eigenvalue weighted by Crippen LogP contribution is 2.28. The van der Waals surface area contributed by atoms with Gasteiger partial charge in [-0.15, -0.1) is 0 Å². The van der Waals surface area contributed by atoms with Crippen LogP contribution in [0.2, 0.25) is 0 Å². The van der Waals surface area contributed by atoms with Crippen LogP contribution in [-0.4, -0.2) is 24.7 Å². The van der Waals surface area contributed by atoms with Crippen molar-refractivity contribution >= 4 is 16.9 Å². The van der Waals surface area contributed by atoms with Gasteiger partial charge in [-0.1, -0.05) is 30.3 Å². The maximum absolute atomic E-state index is 12.4. The highest BCUT2D eigenvalue weighted by molar-refractivity contribution is 6.05. The second-order valence-electron chi connectivity index (χ2n) is 5.04. The van der Waals surface area contributed by atoms with Gasteiger partial charge in [-0.2, -0.15) is 5.26 Å². The molecule has 1 aromatic heterocycles. The van der Waals surface area contributed by atoms with Gasteiger partial charge in [0.05, 0.1) is 23.9 Å². The van der Waals surface area contributed by atoms with Crippen LogP contribution >= 0.6 is 0 Å². The first-order chi connectivity index (χ1) is 11.7. The number of hydrogen-bond donors (Lipinski definition) is 0. The number of methoxy groups -OCH3 is 1. The molecule has 0 saturated heterocycles. The third kappa shape index (κ3) is 3.03. The van der Waals surface area contributed by atoms with Crippen LogP contribution in [0.15, 0.2) is 54.6 Å². The Morgan fingerprint density at radius 1 is 1.17 bits per heavy atom. The third-order valence-electron chi connectivity index (χ3n) is 3.57. The number of ether oxygens (including phenoxy) is 2. The van der Waals surface area contributed by atoms with E-state index in [0.29, 0.717) is 27.9 Å². The predicted octanol–water partition coefficient (Wildman–Crippen LogP) is 3.59. The largest absolute Gasteiger partial charge is 0.497 e. The zero-order valence-electron chi connectivity index (χ0n) is 13.0. The molecule has 0 fully saturated rings. The molecule has 24 heavy (non-hydrogen) atoms. The van der Waals surface area contributed by atoms with Crippen LogP contribution in [0.25, 0.3) is 22.2 Å². The van der Waals surface area contributed by atoms with Gasteiger partial charge in [0, 0.05) is 10.9 Å². The normalized spacial score (nSPS) is 10.2. The van der Waals surface area contributed by atoms with E-state index < -0.39 is 5.97 Å². The number of rotatable bonds is 4. The lowest BCUT2D eigenvalue weighted by Crippen LogP contribution is -2.07. The second kappa shape index (κ2) is 6.80. The minimum atomic E-state index is -0.561. The molecule has 118 valence electrons. The van der Waals surface area contributed by atoms with Gasteiger partial charge in [0.1, 0.15) is 11.8 Å². The van der Waals surface area contributed by atoms with Gasteiger partial charge >= 0.3 is 5.97 Å². The monoisotopic (exact) mass is 318 g/mol. The lowest BCUT2D eigenvalue weighted by Gasteiger charge is -2.10. The van der Waals surface area contributed by atoms with Gasteiger partial charge in [-0.3, -0.25) is 0 Å². The molecule has 1 heterocycles. The number of nitrogens with zero attached hydrogens (tertiary/aromatic N) is 2. The molecule has 5 nitrogen and oxygen atoms in total. The minimum absolute atomic E-state index is 0.298. The summed E-state index contributed by atoms with van der Waals surface area (Å²) in [5, 5.41) is 9.25. The molecule has 3 aromatic rings. The van der Waals surface area contributed by atoms with Crippen molar-refractivity contribution in [2.75, 3.05) is 13.7 Å². The van der Waals surface area contributed by atoms with E-state index in [1.807, 2.05) is 30.3 Å². The van der Waals surface area contributed by atoms with Crippen LogP contribution in [0.3, 0.4) is 0 Å². The van der Waals surface area contributed by atoms with Crippen LogP contribution < -0.4 is 4.74 Å². The molecule has 0 bridgehead atoms. The number of fused-ring (bicyclic) bond motifs is 1. The first kappa shape index (κ1) is 15.5. The van der Waals surface area contributed by atoms with Crippen LogP contribution in [0.4, 0.5) is 0 Å². The summed E-state index contributed by atoms with van der Waals surface area (Å²) in [6.07, 6.45) is 0. The quantitative estimate of drug-likeness (QED) is 0.687. The fourth-order valence-electron chi connectivity index (χ4n) is 2.43. The van der Waals surface area contributed by atoms with Gasteiger partial charge in [-0.25, -0.2) is 9.78 Å². The Kier molecular flexibility index (Phi) is 4.39. The molecule has 0 saturated carbocycles. The standard InChI is InChI=1S/C19H14N2O3/c1-23-14-7-8-17-15(11-14)16(19(22)24-10-9-20)12-18(21-17)13-5-3-2-4-6-13/h2-8,11-12H,10H2,1H3. The van der Waals surface area contributed by atoms with E-state index in [1.165, 1.54) is 0 Å². The summed E-state index contributed by atoms with van der Waals surface area (Å²) < 4.78 is 10.2.